The van der Waals surface area contributed by atoms with Crippen LogP contribution in [0, 0.1) is 11.8 Å². The number of hydrogen-bond acceptors (Lipinski definition) is 5. The van der Waals surface area contributed by atoms with Gasteiger partial charge in [0.25, 0.3) is 0 Å². The average Bonchev–Trinajstić information content (AvgIpc) is 3.00. The smallest absolute Gasteiger partial charge is 0.303 e. The number of allylic oxidation sites excluding steroid dienone is 2. The number of ketones is 1. The van der Waals surface area contributed by atoms with Crippen LogP contribution in [0.15, 0.2) is 48.6 Å². The first-order valence-electron chi connectivity index (χ1n) is 10.6. The predicted molar refractivity (Wildman–Crippen MR) is 112 cm³/mol. The van der Waals surface area contributed by atoms with Gasteiger partial charge >= 0.3 is 5.97 Å². The molecule has 0 aromatic heterocycles. The number of aliphatic hydroxyl groups excluding tert-OH is 2. The van der Waals surface area contributed by atoms with E-state index in [2.05, 4.69) is 0 Å². The summed E-state index contributed by atoms with van der Waals surface area (Å²) in [6.07, 6.45) is 8.78. The minimum absolute atomic E-state index is 0.0182. The molecule has 3 rings (SSSR count). The Morgan fingerprint density at radius 2 is 2.07 bits per heavy atom. The third-order valence-corrected chi connectivity index (χ3v) is 5.91. The molecule has 1 aliphatic carbocycles. The Hall–Kier alpha value is -2.44. The predicted octanol–water partition coefficient (Wildman–Crippen LogP) is 3.06. The van der Waals surface area contributed by atoms with E-state index in [9.17, 15) is 19.8 Å². The van der Waals surface area contributed by atoms with E-state index in [0.29, 0.717) is 25.7 Å². The van der Waals surface area contributed by atoms with Gasteiger partial charge in [-0.1, -0.05) is 42.5 Å². The maximum atomic E-state index is 12.3. The van der Waals surface area contributed by atoms with Crippen molar-refractivity contribution in [2.75, 3.05) is 0 Å². The highest BCUT2D eigenvalue weighted by Crippen LogP contribution is 2.34. The molecule has 0 amide bonds. The quantitative estimate of drug-likeness (QED) is 0.424. The largest absolute Gasteiger partial charge is 0.487 e. The molecule has 162 valence electrons. The molecule has 3 N–H and O–H groups in total. The lowest BCUT2D eigenvalue weighted by Crippen LogP contribution is -2.34. The molecule has 1 saturated carbocycles. The monoisotopic (exact) mass is 414 g/mol. The van der Waals surface area contributed by atoms with Gasteiger partial charge in [0.1, 0.15) is 23.7 Å². The molecule has 6 heteroatoms. The number of Topliss-reactive ketones (excluding diaryl/α,β-unsaturated/α-hetero) is 1. The van der Waals surface area contributed by atoms with Gasteiger partial charge in [0.05, 0.1) is 6.10 Å². The van der Waals surface area contributed by atoms with Crippen LogP contribution in [-0.2, 0) is 16.0 Å². The van der Waals surface area contributed by atoms with Crippen molar-refractivity contribution in [3.05, 3.63) is 54.1 Å². The Morgan fingerprint density at radius 3 is 2.87 bits per heavy atom. The highest BCUT2D eigenvalue weighted by Gasteiger charge is 2.39. The zero-order valence-electron chi connectivity index (χ0n) is 17.0. The van der Waals surface area contributed by atoms with Crippen LogP contribution in [0.2, 0.25) is 0 Å². The summed E-state index contributed by atoms with van der Waals surface area (Å²) in [5.41, 5.74) is 1.14. The number of para-hydroxylation sites is 1. The number of aryl methyl sites for hydroxylation is 1. The normalized spacial score (nSPS) is 27.3. The van der Waals surface area contributed by atoms with Crippen molar-refractivity contribution in [2.24, 2.45) is 11.8 Å². The number of rotatable bonds is 9. The first kappa shape index (κ1) is 22.2. The number of carbonyl (C=O) groups excluding carboxylic acids is 1. The second-order valence-electron chi connectivity index (χ2n) is 8.09. The van der Waals surface area contributed by atoms with E-state index >= 15 is 0 Å². The van der Waals surface area contributed by atoms with E-state index in [0.717, 1.165) is 17.7 Å². The third kappa shape index (κ3) is 5.80. The van der Waals surface area contributed by atoms with E-state index < -0.39 is 18.2 Å². The number of ether oxygens (including phenoxy) is 1. The minimum Gasteiger partial charge on any atom is -0.487 e. The lowest BCUT2D eigenvalue weighted by Gasteiger charge is -2.28. The van der Waals surface area contributed by atoms with Gasteiger partial charge in [-0.2, -0.15) is 0 Å². The molecule has 30 heavy (non-hydrogen) atoms. The molecule has 1 unspecified atom stereocenters. The standard InChI is InChI=1S/C24H30O6/c25-19(23-14-11-16-7-5-6-9-22(16)30-23)13-12-18-17(20(26)15-21(18)27)8-3-1-2-4-10-24(28)29/h1,3,5-7,9,12-13,17-19,21,23,25,27H,2,4,8,10-11,14-15H2,(H,28,29)/b3-1-,13-12+/t17-,18?,19+,21-,23-/m1/s1. The molecule has 5 atom stereocenters. The molecule has 1 aromatic carbocycles. The van der Waals surface area contributed by atoms with E-state index in [1.54, 1.807) is 12.2 Å². The lowest BCUT2D eigenvalue weighted by molar-refractivity contribution is -0.137. The van der Waals surface area contributed by atoms with Crippen LogP contribution < -0.4 is 4.74 Å². The Morgan fingerprint density at radius 1 is 1.27 bits per heavy atom. The molecule has 0 bridgehead atoms. The molecule has 1 fully saturated rings. The fourth-order valence-electron chi connectivity index (χ4n) is 4.21. The van der Waals surface area contributed by atoms with Crippen molar-refractivity contribution in [3.63, 3.8) is 0 Å². The highest BCUT2D eigenvalue weighted by molar-refractivity contribution is 5.84. The second kappa shape index (κ2) is 10.5. The summed E-state index contributed by atoms with van der Waals surface area (Å²) in [5, 5.41) is 29.5. The Kier molecular flexibility index (Phi) is 7.82. The van der Waals surface area contributed by atoms with Gasteiger partial charge in [0.2, 0.25) is 0 Å². The van der Waals surface area contributed by atoms with Crippen molar-refractivity contribution in [1.82, 2.24) is 0 Å². The van der Waals surface area contributed by atoms with Crippen molar-refractivity contribution in [2.45, 2.75) is 63.3 Å². The minimum atomic E-state index is -0.813. The summed E-state index contributed by atoms with van der Waals surface area (Å²) in [6.45, 7) is 0. The van der Waals surface area contributed by atoms with E-state index in [4.69, 9.17) is 9.84 Å². The first-order chi connectivity index (χ1) is 14.5. The van der Waals surface area contributed by atoms with Gasteiger partial charge in [-0.25, -0.2) is 0 Å². The summed E-state index contributed by atoms with van der Waals surface area (Å²) in [5.74, 6) is -0.668. The Balaban J connectivity index is 1.55. The molecule has 1 heterocycles. The maximum absolute atomic E-state index is 12.3. The zero-order chi connectivity index (χ0) is 21.5. The molecule has 0 saturated heterocycles. The summed E-state index contributed by atoms with van der Waals surface area (Å²) in [4.78, 5) is 22.8. The zero-order valence-corrected chi connectivity index (χ0v) is 17.0. The van der Waals surface area contributed by atoms with Crippen molar-refractivity contribution >= 4 is 11.8 Å². The maximum Gasteiger partial charge on any atom is 0.303 e. The number of unbranched alkanes of at least 4 members (excludes halogenated alkanes) is 1. The van der Waals surface area contributed by atoms with E-state index in [1.807, 2.05) is 36.4 Å². The van der Waals surface area contributed by atoms with Crippen LogP contribution in [0.4, 0.5) is 0 Å². The number of hydrogen-bond donors (Lipinski definition) is 3. The van der Waals surface area contributed by atoms with Crippen molar-refractivity contribution in [3.8, 4) is 5.75 Å². The topological polar surface area (TPSA) is 104 Å². The van der Waals surface area contributed by atoms with Crippen molar-refractivity contribution < 1.29 is 29.6 Å². The van der Waals surface area contributed by atoms with Gasteiger partial charge in [-0.15, -0.1) is 0 Å². The Labute approximate surface area is 176 Å². The highest BCUT2D eigenvalue weighted by atomic mass is 16.5. The SMILES string of the molecule is O=C(O)CCC/C=C\C[C@H]1C(=O)C[C@@H](O)C1/C=C/[C@H](O)[C@H]1CCc2ccccc2O1. The number of carboxylic acid groups (broad SMARTS) is 1. The molecule has 0 radical (unpaired) electrons. The van der Waals surface area contributed by atoms with Crippen molar-refractivity contribution in [1.29, 1.82) is 0 Å². The molecule has 1 aromatic rings. The number of aliphatic hydroxyl groups is 2. The van der Waals surface area contributed by atoms with Gasteiger partial charge < -0.3 is 20.1 Å². The van der Waals surface area contributed by atoms with E-state index in [-0.39, 0.29) is 36.6 Å². The van der Waals surface area contributed by atoms with Gasteiger partial charge in [0, 0.05) is 24.7 Å². The molecular formula is C24H30O6. The van der Waals surface area contributed by atoms with Crippen LogP contribution in [0.3, 0.4) is 0 Å². The van der Waals surface area contributed by atoms with Crippen LogP contribution in [0.1, 0.15) is 44.1 Å². The molecule has 6 nitrogen and oxygen atoms in total. The summed E-state index contributed by atoms with van der Waals surface area (Å²) in [7, 11) is 0. The van der Waals surface area contributed by atoms with Crippen LogP contribution >= 0.6 is 0 Å². The van der Waals surface area contributed by atoms with Crippen LogP contribution in [0.25, 0.3) is 0 Å². The van der Waals surface area contributed by atoms with Gasteiger partial charge in [-0.3, -0.25) is 9.59 Å². The number of aliphatic carboxylic acids is 1. The summed E-state index contributed by atoms with van der Waals surface area (Å²) < 4.78 is 5.92. The number of carbonyl (C=O) groups is 2. The van der Waals surface area contributed by atoms with Crippen LogP contribution in [0.5, 0.6) is 5.75 Å². The fraction of sp³-hybridized carbons (Fsp3) is 0.500. The third-order valence-electron chi connectivity index (χ3n) is 5.91. The average molecular weight is 414 g/mol. The molecule has 1 aliphatic heterocycles. The van der Waals surface area contributed by atoms with Gasteiger partial charge in [0.15, 0.2) is 0 Å². The second-order valence-corrected chi connectivity index (χ2v) is 8.09. The first-order valence-corrected chi connectivity index (χ1v) is 10.6. The lowest BCUT2D eigenvalue weighted by atomic mass is 9.89. The van der Waals surface area contributed by atoms with Crippen LogP contribution in [-0.4, -0.2) is 45.4 Å². The van der Waals surface area contributed by atoms with E-state index in [1.165, 1.54) is 0 Å². The number of carboxylic acids is 1. The molecule has 2 aliphatic rings. The fourth-order valence-corrected chi connectivity index (χ4v) is 4.21. The number of fused-ring (bicyclic) bond motifs is 1. The summed E-state index contributed by atoms with van der Waals surface area (Å²) >= 11 is 0. The molecular weight excluding hydrogens is 384 g/mol. The number of benzene rings is 1. The Bertz CT molecular complexity index is 799. The van der Waals surface area contributed by atoms with Gasteiger partial charge in [-0.05, 0) is 43.7 Å². The molecule has 0 spiro atoms. The summed E-state index contributed by atoms with van der Waals surface area (Å²) in [6, 6.07) is 7.80.